The van der Waals surface area contributed by atoms with Crippen LogP contribution in [0.15, 0.2) is 64.4 Å². The van der Waals surface area contributed by atoms with Gasteiger partial charge in [-0.25, -0.2) is 4.98 Å². The second-order valence-electron chi connectivity index (χ2n) is 6.48. The number of hydrogen-bond donors (Lipinski definition) is 1. The summed E-state index contributed by atoms with van der Waals surface area (Å²) in [6.45, 7) is 4.18. The number of aryl methyl sites for hydroxylation is 1. The summed E-state index contributed by atoms with van der Waals surface area (Å²) in [5, 5.41) is 4.00. The van der Waals surface area contributed by atoms with Crippen molar-refractivity contribution in [3.05, 3.63) is 71.9 Å². The number of aromatic nitrogens is 2. The van der Waals surface area contributed by atoms with E-state index in [1.165, 1.54) is 0 Å². The Morgan fingerprint density at radius 3 is 2.65 bits per heavy atom. The number of nitrogens with one attached hydrogen (secondary N) is 1. The van der Waals surface area contributed by atoms with Crippen LogP contribution in [0.25, 0.3) is 0 Å². The third-order valence-electron chi connectivity index (χ3n) is 4.12. The zero-order valence-corrected chi connectivity index (χ0v) is 16.0. The van der Waals surface area contributed by atoms with Crippen molar-refractivity contribution < 1.29 is 9.21 Å². The molecule has 1 unspecified atom stereocenters. The molecule has 1 amide bonds. The molecule has 1 atom stereocenters. The van der Waals surface area contributed by atoms with Gasteiger partial charge in [0.1, 0.15) is 5.76 Å². The second-order valence-corrected chi connectivity index (χ2v) is 7.42. The number of benzene rings is 1. The van der Waals surface area contributed by atoms with E-state index in [1.807, 2.05) is 54.2 Å². The number of hydrogen-bond acceptors (Lipinski definition) is 4. The Morgan fingerprint density at radius 1 is 1.23 bits per heavy atom. The van der Waals surface area contributed by atoms with Gasteiger partial charge in [-0.2, -0.15) is 0 Å². The summed E-state index contributed by atoms with van der Waals surface area (Å²) < 4.78 is 7.68. The second kappa shape index (κ2) is 8.27. The molecule has 136 valence electrons. The largest absolute Gasteiger partial charge is 0.455 e. The predicted molar refractivity (Wildman–Crippen MR) is 103 cm³/mol. The van der Waals surface area contributed by atoms with Crippen LogP contribution in [-0.4, -0.2) is 15.5 Å². The smallest absolute Gasteiger partial charge is 0.287 e. The van der Waals surface area contributed by atoms with Crippen LogP contribution in [-0.2, 0) is 12.8 Å². The molecule has 5 nitrogen and oxygen atoms in total. The van der Waals surface area contributed by atoms with Crippen LogP contribution in [0.5, 0.6) is 0 Å². The van der Waals surface area contributed by atoms with Gasteiger partial charge in [-0.05, 0) is 23.6 Å². The zero-order valence-electron chi connectivity index (χ0n) is 15.2. The molecule has 0 aliphatic rings. The summed E-state index contributed by atoms with van der Waals surface area (Å²) in [6, 6.07) is 13.5. The van der Waals surface area contributed by atoms with Gasteiger partial charge in [-0.3, -0.25) is 4.79 Å². The molecule has 3 aromatic rings. The fourth-order valence-corrected chi connectivity index (χ4v) is 3.54. The lowest BCUT2D eigenvalue weighted by atomic mass is 9.96. The van der Waals surface area contributed by atoms with Crippen LogP contribution in [0.3, 0.4) is 0 Å². The van der Waals surface area contributed by atoms with Gasteiger partial charge in [0, 0.05) is 19.4 Å². The highest BCUT2D eigenvalue weighted by atomic mass is 32.2. The number of carbonyl (C=O) groups excluding carboxylic acids is 1. The number of carbonyl (C=O) groups is 1. The molecule has 2 aromatic heterocycles. The summed E-state index contributed by atoms with van der Waals surface area (Å²) in [5.41, 5.74) is 1.09. The fourth-order valence-electron chi connectivity index (χ4n) is 2.71. The van der Waals surface area contributed by atoms with Crippen LogP contribution in [0.1, 0.15) is 41.8 Å². The van der Waals surface area contributed by atoms with E-state index in [-0.39, 0.29) is 17.9 Å². The molecule has 0 fully saturated rings. The van der Waals surface area contributed by atoms with Crippen molar-refractivity contribution in [3.63, 3.8) is 0 Å². The highest BCUT2D eigenvalue weighted by molar-refractivity contribution is 7.98. The van der Waals surface area contributed by atoms with Gasteiger partial charge in [0.2, 0.25) is 0 Å². The molecule has 0 aliphatic carbocycles. The lowest BCUT2D eigenvalue weighted by Gasteiger charge is -2.22. The van der Waals surface area contributed by atoms with Crippen molar-refractivity contribution in [2.45, 2.75) is 30.8 Å². The topological polar surface area (TPSA) is 60.1 Å². The first kappa shape index (κ1) is 18.3. The normalized spacial score (nSPS) is 12.3. The SMILES string of the molecule is CC(C)C(NC(=O)c1ccc(CSc2nccn2C)o1)c1ccccc1. The molecule has 0 saturated carbocycles. The van der Waals surface area contributed by atoms with Gasteiger partial charge in [-0.15, -0.1) is 0 Å². The van der Waals surface area contributed by atoms with Crippen LogP contribution in [0, 0.1) is 5.92 Å². The first-order chi connectivity index (χ1) is 12.5. The average Bonchev–Trinajstić information content (AvgIpc) is 3.27. The van der Waals surface area contributed by atoms with Crippen LogP contribution >= 0.6 is 11.8 Å². The van der Waals surface area contributed by atoms with Crippen molar-refractivity contribution in [2.24, 2.45) is 13.0 Å². The maximum atomic E-state index is 12.6. The molecule has 0 saturated heterocycles. The van der Waals surface area contributed by atoms with Crippen LogP contribution < -0.4 is 5.32 Å². The monoisotopic (exact) mass is 369 g/mol. The van der Waals surface area contributed by atoms with E-state index in [0.717, 1.165) is 16.5 Å². The van der Waals surface area contributed by atoms with Crippen LogP contribution in [0.4, 0.5) is 0 Å². The predicted octanol–water partition coefficient (Wildman–Crippen LogP) is 4.43. The molecule has 6 heteroatoms. The maximum absolute atomic E-state index is 12.6. The van der Waals surface area contributed by atoms with Crippen molar-refractivity contribution >= 4 is 17.7 Å². The minimum absolute atomic E-state index is 0.0563. The number of furan rings is 1. The molecule has 1 aromatic carbocycles. The van der Waals surface area contributed by atoms with E-state index in [2.05, 4.69) is 24.1 Å². The average molecular weight is 369 g/mol. The molecule has 0 radical (unpaired) electrons. The molecule has 0 spiro atoms. The Morgan fingerprint density at radius 2 is 2.00 bits per heavy atom. The van der Waals surface area contributed by atoms with E-state index >= 15 is 0 Å². The fraction of sp³-hybridized carbons (Fsp3) is 0.300. The first-order valence-corrected chi connectivity index (χ1v) is 9.58. The Hall–Kier alpha value is -2.47. The highest BCUT2D eigenvalue weighted by Crippen LogP contribution is 2.24. The molecular formula is C20H23N3O2S. The molecular weight excluding hydrogens is 346 g/mol. The number of nitrogens with zero attached hydrogens (tertiary/aromatic N) is 2. The van der Waals surface area contributed by atoms with Crippen LogP contribution in [0.2, 0.25) is 0 Å². The summed E-state index contributed by atoms with van der Waals surface area (Å²) >= 11 is 1.57. The van der Waals surface area contributed by atoms with Gasteiger partial charge in [-0.1, -0.05) is 55.9 Å². The van der Waals surface area contributed by atoms with Gasteiger partial charge < -0.3 is 14.3 Å². The highest BCUT2D eigenvalue weighted by Gasteiger charge is 2.21. The molecule has 26 heavy (non-hydrogen) atoms. The van der Waals surface area contributed by atoms with Gasteiger partial charge in [0.15, 0.2) is 10.9 Å². The lowest BCUT2D eigenvalue weighted by Crippen LogP contribution is -2.31. The molecule has 1 N–H and O–H groups in total. The number of rotatable bonds is 7. The minimum atomic E-state index is -0.194. The number of imidazole rings is 1. The lowest BCUT2D eigenvalue weighted by molar-refractivity contribution is 0.0896. The molecule has 3 rings (SSSR count). The van der Waals surface area contributed by atoms with Crippen molar-refractivity contribution in [1.29, 1.82) is 0 Å². The van der Waals surface area contributed by atoms with Gasteiger partial charge in [0.05, 0.1) is 11.8 Å². The molecule has 2 heterocycles. The minimum Gasteiger partial charge on any atom is -0.455 e. The van der Waals surface area contributed by atoms with E-state index in [0.29, 0.717) is 11.5 Å². The summed E-state index contributed by atoms with van der Waals surface area (Å²) in [4.78, 5) is 16.9. The quantitative estimate of drug-likeness (QED) is 0.626. The Bertz CT molecular complexity index is 855. The third kappa shape index (κ3) is 4.38. The molecule has 0 aliphatic heterocycles. The Labute approximate surface area is 157 Å². The Balaban J connectivity index is 1.64. The van der Waals surface area contributed by atoms with E-state index in [1.54, 1.807) is 24.0 Å². The Kier molecular flexibility index (Phi) is 5.83. The summed E-state index contributed by atoms with van der Waals surface area (Å²) in [7, 11) is 1.95. The summed E-state index contributed by atoms with van der Waals surface area (Å²) in [6.07, 6.45) is 3.66. The van der Waals surface area contributed by atoms with Crippen molar-refractivity contribution in [3.8, 4) is 0 Å². The van der Waals surface area contributed by atoms with E-state index in [4.69, 9.17) is 4.42 Å². The van der Waals surface area contributed by atoms with E-state index < -0.39 is 0 Å². The van der Waals surface area contributed by atoms with Gasteiger partial charge >= 0.3 is 0 Å². The zero-order chi connectivity index (χ0) is 18.5. The van der Waals surface area contributed by atoms with E-state index in [9.17, 15) is 4.79 Å². The summed E-state index contributed by atoms with van der Waals surface area (Å²) in [5.74, 6) is 1.80. The number of amides is 1. The van der Waals surface area contributed by atoms with Crippen molar-refractivity contribution in [1.82, 2.24) is 14.9 Å². The molecule has 0 bridgehead atoms. The first-order valence-electron chi connectivity index (χ1n) is 8.59. The standard InChI is InChI=1S/C20H23N3O2S/c1-14(2)18(15-7-5-4-6-8-15)22-19(24)17-10-9-16(25-17)13-26-20-21-11-12-23(20)3/h4-12,14,18H,13H2,1-3H3,(H,22,24). The van der Waals surface area contributed by atoms with Gasteiger partial charge in [0.25, 0.3) is 5.91 Å². The maximum Gasteiger partial charge on any atom is 0.287 e. The number of thioether (sulfide) groups is 1. The van der Waals surface area contributed by atoms with Crippen molar-refractivity contribution in [2.75, 3.05) is 0 Å². The third-order valence-corrected chi connectivity index (χ3v) is 5.20.